The molecule has 1 aromatic heterocycles. The highest BCUT2D eigenvalue weighted by atomic mass is 32.2. The summed E-state index contributed by atoms with van der Waals surface area (Å²) in [6.07, 6.45) is 0.426. The van der Waals surface area contributed by atoms with Crippen LogP contribution in [-0.2, 0) is 23.5 Å². The molecular formula is C14H15N3O3S. The fourth-order valence-corrected chi connectivity index (χ4v) is 2.61. The second-order valence-corrected chi connectivity index (χ2v) is 5.27. The van der Waals surface area contributed by atoms with E-state index in [0.717, 1.165) is 5.56 Å². The van der Waals surface area contributed by atoms with Gasteiger partial charge < -0.3 is 5.11 Å². The van der Waals surface area contributed by atoms with Crippen molar-refractivity contribution < 1.29 is 9.90 Å². The van der Waals surface area contributed by atoms with Crippen LogP contribution in [0.4, 0.5) is 0 Å². The van der Waals surface area contributed by atoms with E-state index in [4.69, 9.17) is 5.11 Å². The maximum atomic E-state index is 11.8. The number of benzene rings is 1. The molecule has 1 aromatic carbocycles. The van der Waals surface area contributed by atoms with E-state index in [-0.39, 0.29) is 12.2 Å². The number of carbonyl (C=O) groups is 1. The predicted octanol–water partition coefficient (Wildman–Crippen LogP) is 1.58. The lowest BCUT2D eigenvalue weighted by atomic mass is 10.2. The Hall–Kier alpha value is -2.15. The fraction of sp³-hybridized carbons (Fsp3) is 0.286. The monoisotopic (exact) mass is 305 g/mol. The number of rotatable bonds is 6. The summed E-state index contributed by atoms with van der Waals surface area (Å²) >= 11 is 1.30. The molecule has 0 fully saturated rings. The van der Waals surface area contributed by atoms with Crippen molar-refractivity contribution in [2.24, 2.45) is 0 Å². The number of hydrogen-bond donors (Lipinski definition) is 1. The van der Waals surface area contributed by atoms with Crippen LogP contribution in [0.5, 0.6) is 0 Å². The van der Waals surface area contributed by atoms with Crippen molar-refractivity contribution in [2.45, 2.75) is 30.8 Å². The average molecular weight is 305 g/mol. The Morgan fingerprint density at radius 3 is 2.67 bits per heavy atom. The molecule has 0 aliphatic carbocycles. The van der Waals surface area contributed by atoms with Gasteiger partial charge in [0.15, 0.2) is 5.16 Å². The van der Waals surface area contributed by atoms with Gasteiger partial charge in [-0.15, -0.1) is 0 Å². The lowest BCUT2D eigenvalue weighted by molar-refractivity contribution is -0.138. The number of aliphatic carboxylic acids is 1. The highest BCUT2D eigenvalue weighted by Crippen LogP contribution is 2.19. The molecule has 0 amide bonds. The maximum absolute atomic E-state index is 11.8. The third kappa shape index (κ3) is 4.16. The third-order valence-corrected chi connectivity index (χ3v) is 3.77. The molecule has 0 aliphatic heterocycles. The van der Waals surface area contributed by atoms with Crippen LogP contribution in [-0.4, -0.2) is 25.8 Å². The molecule has 0 spiro atoms. The smallest absolute Gasteiger partial charge is 0.325 e. The summed E-state index contributed by atoms with van der Waals surface area (Å²) in [5.41, 5.74) is 0.952. The molecule has 0 saturated carbocycles. The van der Waals surface area contributed by atoms with Crippen LogP contribution in [0.25, 0.3) is 0 Å². The highest BCUT2D eigenvalue weighted by Gasteiger charge is 2.12. The van der Waals surface area contributed by atoms with Crippen LogP contribution in [0.15, 0.2) is 40.3 Å². The first kappa shape index (κ1) is 15.2. The molecule has 1 heterocycles. The van der Waals surface area contributed by atoms with Gasteiger partial charge >= 0.3 is 5.97 Å². The van der Waals surface area contributed by atoms with Crippen LogP contribution in [0, 0.1) is 0 Å². The lowest BCUT2D eigenvalue weighted by Crippen LogP contribution is -2.25. The van der Waals surface area contributed by atoms with Gasteiger partial charge in [0.25, 0.3) is 5.56 Å². The van der Waals surface area contributed by atoms with Crippen LogP contribution in [0.3, 0.4) is 0 Å². The Kier molecular flexibility index (Phi) is 5.10. The van der Waals surface area contributed by atoms with E-state index in [2.05, 4.69) is 10.1 Å². The largest absolute Gasteiger partial charge is 0.480 e. The maximum Gasteiger partial charge on any atom is 0.325 e. The van der Waals surface area contributed by atoms with E-state index in [1.807, 2.05) is 30.3 Å². The number of thioether (sulfide) groups is 1. The Balaban J connectivity index is 2.26. The summed E-state index contributed by atoms with van der Waals surface area (Å²) in [6.45, 7) is 1.48. The summed E-state index contributed by atoms with van der Waals surface area (Å²) in [6, 6.07) is 9.68. The quantitative estimate of drug-likeness (QED) is 0.816. The molecule has 0 saturated heterocycles. The number of hydrogen-bond acceptors (Lipinski definition) is 5. The summed E-state index contributed by atoms with van der Waals surface area (Å²) in [7, 11) is 0. The Morgan fingerprint density at radius 1 is 1.33 bits per heavy atom. The minimum absolute atomic E-state index is 0.278. The van der Waals surface area contributed by atoms with E-state index >= 15 is 0 Å². The molecule has 110 valence electrons. The number of aromatic nitrogens is 3. The molecule has 1 N–H and O–H groups in total. The summed E-state index contributed by atoms with van der Waals surface area (Å²) in [5.74, 6) is -0.420. The Labute approximate surface area is 125 Å². The van der Waals surface area contributed by atoms with Crippen LogP contribution >= 0.6 is 11.8 Å². The van der Waals surface area contributed by atoms with Gasteiger partial charge in [0.1, 0.15) is 12.2 Å². The fourth-order valence-electron chi connectivity index (χ4n) is 1.72. The van der Waals surface area contributed by atoms with Gasteiger partial charge in [-0.1, -0.05) is 49.0 Å². The minimum atomic E-state index is -1.02. The van der Waals surface area contributed by atoms with Crippen LogP contribution < -0.4 is 5.56 Å². The van der Waals surface area contributed by atoms with Gasteiger partial charge in [0.05, 0.1) is 0 Å². The second-order valence-electron chi connectivity index (χ2n) is 4.33. The second kappa shape index (κ2) is 7.03. The predicted molar refractivity (Wildman–Crippen MR) is 79.3 cm³/mol. The molecule has 2 rings (SSSR count). The van der Waals surface area contributed by atoms with Crippen molar-refractivity contribution in [2.75, 3.05) is 0 Å². The highest BCUT2D eigenvalue weighted by molar-refractivity contribution is 7.98. The number of carboxylic acids is 1. The van der Waals surface area contributed by atoms with Gasteiger partial charge in [-0.05, 0) is 12.0 Å². The van der Waals surface area contributed by atoms with Crippen molar-refractivity contribution in [1.82, 2.24) is 14.8 Å². The van der Waals surface area contributed by atoms with Gasteiger partial charge in [0, 0.05) is 5.75 Å². The normalized spacial score (nSPS) is 10.5. The van der Waals surface area contributed by atoms with Crippen molar-refractivity contribution in [1.29, 1.82) is 0 Å². The molecule has 0 radical (unpaired) electrons. The van der Waals surface area contributed by atoms with Gasteiger partial charge in [-0.2, -0.15) is 10.1 Å². The molecule has 0 aliphatic rings. The molecule has 0 atom stereocenters. The topological polar surface area (TPSA) is 85.1 Å². The van der Waals surface area contributed by atoms with Gasteiger partial charge in [-0.3, -0.25) is 9.59 Å². The SMILES string of the molecule is CCc1nn(CC(=O)O)c(SCc2ccccc2)nc1=O. The zero-order valence-electron chi connectivity index (χ0n) is 11.5. The minimum Gasteiger partial charge on any atom is -0.480 e. The van der Waals surface area contributed by atoms with E-state index in [1.165, 1.54) is 16.4 Å². The molecule has 21 heavy (non-hydrogen) atoms. The molecular weight excluding hydrogens is 290 g/mol. The Bertz CT molecular complexity index is 686. The number of nitrogens with zero attached hydrogens (tertiary/aromatic N) is 3. The zero-order chi connectivity index (χ0) is 15.2. The van der Waals surface area contributed by atoms with Crippen molar-refractivity contribution in [3.05, 3.63) is 51.9 Å². The lowest BCUT2D eigenvalue weighted by Gasteiger charge is -2.09. The van der Waals surface area contributed by atoms with Crippen molar-refractivity contribution in [3.8, 4) is 0 Å². The Morgan fingerprint density at radius 2 is 2.05 bits per heavy atom. The molecule has 6 nitrogen and oxygen atoms in total. The zero-order valence-corrected chi connectivity index (χ0v) is 12.3. The van der Waals surface area contributed by atoms with E-state index in [0.29, 0.717) is 17.3 Å². The first-order valence-corrected chi connectivity index (χ1v) is 7.45. The van der Waals surface area contributed by atoms with Crippen molar-refractivity contribution >= 4 is 17.7 Å². The first-order chi connectivity index (χ1) is 10.1. The van der Waals surface area contributed by atoms with Crippen LogP contribution in [0.2, 0.25) is 0 Å². The van der Waals surface area contributed by atoms with E-state index < -0.39 is 11.5 Å². The summed E-state index contributed by atoms with van der Waals surface area (Å²) in [5, 5.41) is 13.3. The molecule has 0 unspecified atom stereocenters. The first-order valence-electron chi connectivity index (χ1n) is 6.46. The summed E-state index contributed by atoms with van der Waals surface area (Å²) in [4.78, 5) is 26.6. The third-order valence-electron chi connectivity index (χ3n) is 2.74. The summed E-state index contributed by atoms with van der Waals surface area (Å²) < 4.78 is 1.27. The standard InChI is InChI=1S/C14H15N3O3S/c1-2-11-13(20)15-14(17(16-11)8-12(18)19)21-9-10-6-4-3-5-7-10/h3-7H,2,8-9H2,1H3,(H,18,19). The van der Waals surface area contributed by atoms with E-state index in [1.54, 1.807) is 6.92 Å². The molecule has 7 heteroatoms. The van der Waals surface area contributed by atoms with Gasteiger partial charge in [-0.25, -0.2) is 4.68 Å². The number of aryl methyl sites for hydroxylation is 1. The van der Waals surface area contributed by atoms with Crippen molar-refractivity contribution in [3.63, 3.8) is 0 Å². The average Bonchev–Trinajstić information content (AvgIpc) is 2.47. The van der Waals surface area contributed by atoms with Crippen LogP contribution in [0.1, 0.15) is 18.2 Å². The van der Waals surface area contributed by atoms with E-state index in [9.17, 15) is 9.59 Å². The number of carboxylic acid groups (broad SMARTS) is 1. The van der Waals surface area contributed by atoms with Gasteiger partial charge in [0.2, 0.25) is 0 Å². The molecule has 2 aromatic rings. The molecule has 0 bridgehead atoms.